The van der Waals surface area contributed by atoms with Crippen molar-refractivity contribution in [1.29, 1.82) is 0 Å². The van der Waals surface area contributed by atoms with Crippen LogP contribution in [-0.4, -0.2) is 0 Å². The standard InChI is InChI=1S/C28H28N3.C27H24N3.C27H18N3.C27H24N3/c1-29-26-13-7-4-10-23(26)19-16-22(17-20-24-11-5-8-14-27(24)30-2)18-21-25-12-6-9-15-28(25)31-3;2*1-28-25-13-7-4-10-22(25)19-16-20(23-11-5-8-14-26(23)29-2)18-21(17-19)24-12-6-9-15-27(24)30-3;1-28-25-13-7-4-10-19(25)16-22-23(17-20-11-5-8-14-26(20)29-2)24(22)18-21-12-6-9-15-27(21)30-3/h1-15,22H,16-21H2;1-15,19-21H,16-18H2;1-18H;1-15,22-24H,16-18H2/q4*+3. The number of hydrogen-bond donors (Lipinski definition) is 0. The van der Waals surface area contributed by atoms with E-state index < -0.39 is 0 Å². The minimum Gasteiger partial charge on any atom is -0.0614 e. The molecule has 0 radical (unpaired) electrons. The molecule has 0 atom stereocenters. The van der Waals surface area contributed by atoms with E-state index >= 15 is 0 Å². The van der Waals surface area contributed by atoms with Gasteiger partial charge in [0, 0.05) is 123 Å². The van der Waals surface area contributed by atoms with Gasteiger partial charge in [0.05, 0.1) is 16.7 Å². The van der Waals surface area contributed by atoms with Gasteiger partial charge in [-0.05, 0) is 230 Å². The average molecular weight is 1570 g/mol. The Kier molecular flexibility index (Phi) is 29.5. The Morgan fingerprint density at radius 2 is 0.388 bits per heavy atom. The molecule has 2 saturated carbocycles. The monoisotopic (exact) mass is 1570 g/mol. The zero-order valence-corrected chi connectivity index (χ0v) is 67.8. The summed E-state index contributed by atoms with van der Waals surface area (Å²) in [5, 5.41) is 0. The second-order valence-corrected chi connectivity index (χ2v) is 30.2. The van der Waals surface area contributed by atoms with Crippen molar-refractivity contribution >= 4 is 68.2 Å². The van der Waals surface area contributed by atoms with Crippen LogP contribution >= 0.6 is 0 Å². The van der Waals surface area contributed by atoms with Gasteiger partial charge in [0.25, 0.3) is 78.9 Å². The second kappa shape index (κ2) is 42.4. The molecule has 0 N–H and O–H groups in total. The van der Waals surface area contributed by atoms with E-state index in [1.54, 1.807) is 0 Å². The van der Waals surface area contributed by atoms with Crippen LogP contribution in [0.2, 0.25) is 0 Å². The SMILES string of the molecule is C#[N+]c1ccccc1-c1cc(-c2ccccc2[N+]#C)cc(-c2ccccc2[N+]#C)c1.C#[N+]c1ccccc1C1CC(c2ccccc2[N+]#C)CC(c2ccccc2[N+]#C)C1.C#[N+]c1ccccc1CC1C(Cc2ccccc2[N+]#C)C1Cc1ccccc1[N+]#C.C#[N+]c1ccccc1CCC(CCc1ccccc1[N+]#C)CCc1ccccc1[N+]#C. The van der Waals surface area contributed by atoms with Crippen molar-refractivity contribution in [3.8, 4) is 112 Å². The van der Waals surface area contributed by atoms with Crippen molar-refractivity contribution in [1.82, 2.24) is 0 Å². The maximum Gasteiger partial charge on any atom is 0.347 e. The fourth-order valence-corrected chi connectivity index (χ4v) is 17.2. The van der Waals surface area contributed by atoms with Crippen LogP contribution in [0.3, 0.4) is 0 Å². The highest BCUT2D eigenvalue weighted by molar-refractivity contribution is 5.91. The summed E-state index contributed by atoms with van der Waals surface area (Å²) in [6.07, 6.45) is 11.7. The summed E-state index contributed by atoms with van der Waals surface area (Å²) in [6, 6.07) is 102. The van der Waals surface area contributed by atoms with E-state index in [9.17, 15) is 0 Å². The van der Waals surface area contributed by atoms with Gasteiger partial charge in [-0.15, -0.1) is 0 Å². The van der Waals surface area contributed by atoms with Crippen molar-refractivity contribution in [2.24, 2.45) is 23.7 Å². The molecule has 0 aliphatic heterocycles. The summed E-state index contributed by atoms with van der Waals surface area (Å²) in [6.45, 7) is 67.6. The molecule has 0 aromatic heterocycles. The molecule has 2 fully saturated rings. The van der Waals surface area contributed by atoms with Crippen molar-refractivity contribution in [3.63, 3.8) is 0 Å². The lowest BCUT2D eigenvalue weighted by Gasteiger charge is -2.34. The van der Waals surface area contributed by atoms with Gasteiger partial charge >= 0.3 is 68.2 Å². The van der Waals surface area contributed by atoms with Gasteiger partial charge in [-0.25, -0.2) is 0 Å². The van der Waals surface area contributed by atoms with E-state index in [0.717, 1.165) is 162 Å². The van der Waals surface area contributed by atoms with Crippen molar-refractivity contribution in [2.45, 2.75) is 94.8 Å². The lowest BCUT2D eigenvalue weighted by molar-refractivity contribution is 0.353. The third-order valence-electron chi connectivity index (χ3n) is 23.4. The number of nitrogens with zero attached hydrogens (tertiary/aromatic N) is 12. The molecular weight excluding hydrogens is 1480 g/mol. The Hall–Kier alpha value is -16.3. The molecule has 0 heterocycles. The zero-order chi connectivity index (χ0) is 84.7. The number of para-hydroxylation sites is 12. The van der Waals surface area contributed by atoms with E-state index in [-0.39, 0.29) is 0 Å². The average Bonchev–Trinajstić information content (AvgIpc) is 1.63. The molecule has 0 amide bonds. The van der Waals surface area contributed by atoms with E-state index in [0.29, 0.717) is 58.5 Å². The lowest BCUT2D eigenvalue weighted by atomic mass is 9.68. The first kappa shape index (κ1) is 84.1. The van der Waals surface area contributed by atoms with Crippen LogP contribution in [0.25, 0.3) is 91.5 Å². The second-order valence-electron chi connectivity index (χ2n) is 30.2. The van der Waals surface area contributed by atoms with Crippen molar-refractivity contribution < 1.29 is 0 Å². The van der Waals surface area contributed by atoms with Crippen LogP contribution in [0, 0.1) is 103 Å². The normalized spacial score (nSPS) is 15.0. The Bertz CT molecular complexity index is 5820. The van der Waals surface area contributed by atoms with Gasteiger partial charge in [-0.1, -0.05) is 200 Å². The van der Waals surface area contributed by atoms with E-state index in [1.807, 2.05) is 218 Å². The summed E-state index contributed by atoms with van der Waals surface area (Å²) < 4.78 is 0. The maximum absolute atomic E-state index is 5.70. The van der Waals surface area contributed by atoms with E-state index in [2.05, 4.69) is 149 Å². The first-order chi connectivity index (χ1) is 59.5. The van der Waals surface area contributed by atoms with Crippen LogP contribution in [-0.2, 0) is 38.5 Å². The van der Waals surface area contributed by atoms with Gasteiger partial charge in [0.15, 0.2) is 0 Å². The Balaban J connectivity index is 0.000000148. The zero-order valence-electron chi connectivity index (χ0n) is 67.8. The smallest absolute Gasteiger partial charge is 0.0614 e. The van der Waals surface area contributed by atoms with Crippen molar-refractivity contribution in [2.75, 3.05) is 0 Å². The largest absolute Gasteiger partial charge is 0.347 e. The molecule has 2 aliphatic carbocycles. The highest BCUT2D eigenvalue weighted by Crippen LogP contribution is 2.55. The summed E-state index contributed by atoms with van der Waals surface area (Å²) in [4.78, 5) is 47.6. The van der Waals surface area contributed by atoms with Crippen LogP contribution in [0.15, 0.2) is 309 Å². The highest BCUT2D eigenvalue weighted by atomic mass is 14.7. The quantitative estimate of drug-likeness (QED) is 0.0688. The first-order valence-corrected chi connectivity index (χ1v) is 40.6. The molecule has 0 bridgehead atoms. The predicted octanol–water partition coefficient (Wildman–Crippen LogP) is 32.4. The highest BCUT2D eigenvalue weighted by Gasteiger charge is 2.51. The summed E-state index contributed by atoms with van der Waals surface area (Å²) in [5.41, 5.74) is 26.1. The number of hydrogen-bond acceptors (Lipinski definition) is 0. The third kappa shape index (κ3) is 21.3. The fourth-order valence-electron chi connectivity index (χ4n) is 17.2. The van der Waals surface area contributed by atoms with Gasteiger partial charge < -0.3 is 0 Å². The molecule has 578 valence electrons. The molecule has 12 nitrogen and oxygen atoms in total. The lowest BCUT2D eigenvalue weighted by Crippen LogP contribution is -2.20. The molecule has 13 aromatic carbocycles. The first-order valence-electron chi connectivity index (χ1n) is 40.6. The fraction of sp³-hybridized carbons (Fsp3) is 0.174. The number of aryl methyl sites for hydroxylation is 3. The van der Waals surface area contributed by atoms with Crippen LogP contribution in [0.1, 0.15) is 106 Å². The molecule has 2 aliphatic rings. The summed E-state index contributed by atoms with van der Waals surface area (Å²) in [7, 11) is 0. The van der Waals surface area contributed by atoms with Crippen molar-refractivity contribution in [3.05, 3.63) is 418 Å². The molecule has 13 aromatic rings. The minimum absolute atomic E-state index is 0.300. The summed E-state index contributed by atoms with van der Waals surface area (Å²) >= 11 is 0. The van der Waals surface area contributed by atoms with Crippen LogP contribution in [0.4, 0.5) is 68.2 Å². The molecule has 12 heteroatoms. The molecule has 0 unspecified atom stereocenters. The van der Waals surface area contributed by atoms with Gasteiger partial charge in [-0.3, -0.25) is 0 Å². The predicted molar refractivity (Wildman–Crippen MR) is 508 cm³/mol. The van der Waals surface area contributed by atoms with E-state index in [4.69, 9.17) is 78.9 Å². The van der Waals surface area contributed by atoms with E-state index in [1.165, 1.54) is 50.1 Å². The van der Waals surface area contributed by atoms with Gasteiger partial charge in [-0.2, -0.15) is 0 Å². The molecule has 0 spiro atoms. The topological polar surface area (TPSA) is 52.3 Å². The Morgan fingerprint density at radius 1 is 0.207 bits per heavy atom. The minimum atomic E-state index is 0.300. The molecular formula is C109H94N12+12. The molecule has 121 heavy (non-hydrogen) atoms. The van der Waals surface area contributed by atoms with Crippen LogP contribution in [0.5, 0.6) is 0 Å². The number of benzene rings is 13. The summed E-state index contributed by atoms with van der Waals surface area (Å²) in [5.74, 6) is 2.97. The van der Waals surface area contributed by atoms with Crippen LogP contribution < -0.4 is 0 Å². The van der Waals surface area contributed by atoms with Gasteiger partial charge in [0.1, 0.15) is 0 Å². The Labute approximate surface area is 712 Å². The molecule has 0 saturated heterocycles. The van der Waals surface area contributed by atoms with Gasteiger partial charge in [0.2, 0.25) is 0 Å². The Morgan fingerprint density at radius 3 is 0.620 bits per heavy atom. The molecule has 15 rings (SSSR count). The third-order valence-corrected chi connectivity index (χ3v) is 23.4. The number of rotatable bonds is 21. The maximum atomic E-state index is 5.70.